The minimum absolute atomic E-state index is 0.122. The highest BCUT2D eigenvalue weighted by Gasteiger charge is 2.27. The van der Waals surface area contributed by atoms with Crippen molar-refractivity contribution < 1.29 is 28.6 Å². The molecule has 0 aromatic heterocycles. The van der Waals surface area contributed by atoms with E-state index in [1.54, 1.807) is 13.8 Å². The van der Waals surface area contributed by atoms with Gasteiger partial charge in [-0.3, -0.25) is 9.59 Å². The van der Waals surface area contributed by atoms with Crippen molar-refractivity contribution in [2.75, 3.05) is 19.1 Å². The van der Waals surface area contributed by atoms with Gasteiger partial charge in [0, 0.05) is 0 Å². The topological polar surface area (TPSA) is 78.9 Å². The summed E-state index contributed by atoms with van der Waals surface area (Å²) in [4.78, 5) is 33.5. The SMILES string of the molecule is CCOC(=O)CC(OC(=O)CCl)C(=O)OCC. The second-order valence-electron chi connectivity index (χ2n) is 2.87. The molecule has 0 aliphatic heterocycles. The van der Waals surface area contributed by atoms with Crippen LogP contribution in [0.25, 0.3) is 0 Å². The molecule has 0 N–H and O–H groups in total. The number of halogens is 1. The highest BCUT2D eigenvalue weighted by Crippen LogP contribution is 2.05. The first-order valence-electron chi connectivity index (χ1n) is 5.12. The van der Waals surface area contributed by atoms with Crippen LogP contribution in [0.3, 0.4) is 0 Å². The summed E-state index contributed by atoms with van der Waals surface area (Å²) in [5.74, 6) is -2.64. The largest absolute Gasteiger partial charge is 0.466 e. The summed E-state index contributed by atoms with van der Waals surface area (Å²) in [5, 5.41) is 0. The maximum Gasteiger partial charge on any atom is 0.348 e. The smallest absolute Gasteiger partial charge is 0.348 e. The van der Waals surface area contributed by atoms with E-state index in [0.29, 0.717) is 0 Å². The summed E-state index contributed by atoms with van der Waals surface area (Å²) < 4.78 is 14.0. The van der Waals surface area contributed by atoms with Gasteiger partial charge in [0.15, 0.2) is 0 Å². The normalized spacial score (nSPS) is 11.5. The summed E-state index contributed by atoms with van der Waals surface area (Å²) in [6.45, 7) is 3.53. The molecule has 0 fully saturated rings. The Bertz CT molecular complexity index is 278. The lowest BCUT2D eigenvalue weighted by atomic mass is 10.2. The fraction of sp³-hybridized carbons (Fsp3) is 0.700. The van der Waals surface area contributed by atoms with Crippen LogP contribution in [0, 0.1) is 0 Å². The second kappa shape index (κ2) is 8.81. The maximum absolute atomic E-state index is 11.4. The predicted molar refractivity (Wildman–Crippen MR) is 58.5 cm³/mol. The summed E-state index contributed by atoms with van der Waals surface area (Å²) in [7, 11) is 0. The molecule has 0 bridgehead atoms. The van der Waals surface area contributed by atoms with Crippen LogP contribution in [-0.2, 0) is 28.6 Å². The Morgan fingerprint density at radius 1 is 1.06 bits per heavy atom. The van der Waals surface area contributed by atoms with Crippen LogP contribution < -0.4 is 0 Å². The molecule has 0 amide bonds. The third-order valence-corrected chi connectivity index (χ3v) is 1.81. The van der Waals surface area contributed by atoms with Crippen LogP contribution in [0.5, 0.6) is 0 Å². The minimum atomic E-state index is -1.31. The van der Waals surface area contributed by atoms with Crippen LogP contribution in [-0.4, -0.2) is 43.1 Å². The lowest BCUT2D eigenvalue weighted by molar-refractivity contribution is -0.170. The lowest BCUT2D eigenvalue weighted by Crippen LogP contribution is -2.32. The number of esters is 3. The fourth-order valence-electron chi connectivity index (χ4n) is 0.970. The van der Waals surface area contributed by atoms with Crippen molar-refractivity contribution in [1.29, 1.82) is 0 Å². The highest BCUT2D eigenvalue weighted by atomic mass is 35.5. The molecule has 0 saturated heterocycles. The zero-order chi connectivity index (χ0) is 13.3. The van der Waals surface area contributed by atoms with E-state index in [-0.39, 0.29) is 19.6 Å². The summed E-state index contributed by atoms with van der Waals surface area (Å²) in [6.07, 6.45) is -1.68. The quantitative estimate of drug-likeness (QED) is 0.382. The molecule has 0 saturated carbocycles. The summed E-state index contributed by atoms with van der Waals surface area (Å²) in [5.41, 5.74) is 0. The van der Waals surface area contributed by atoms with Crippen LogP contribution in [0.15, 0.2) is 0 Å². The lowest BCUT2D eigenvalue weighted by Gasteiger charge is -2.14. The fourth-order valence-corrected chi connectivity index (χ4v) is 1.03. The number of hydrogen-bond donors (Lipinski definition) is 0. The van der Waals surface area contributed by atoms with Crippen molar-refractivity contribution >= 4 is 29.5 Å². The maximum atomic E-state index is 11.4. The molecular formula is C10H15ClO6. The Labute approximate surface area is 104 Å². The number of hydrogen-bond acceptors (Lipinski definition) is 6. The molecule has 0 aromatic rings. The number of carbonyl (C=O) groups is 3. The molecule has 17 heavy (non-hydrogen) atoms. The molecule has 0 radical (unpaired) electrons. The Kier molecular flexibility index (Phi) is 8.13. The molecular weight excluding hydrogens is 252 g/mol. The average Bonchev–Trinajstić information content (AvgIpc) is 2.28. The first kappa shape index (κ1) is 15.7. The van der Waals surface area contributed by atoms with E-state index in [1.165, 1.54) is 0 Å². The van der Waals surface area contributed by atoms with Gasteiger partial charge in [0.2, 0.25) is 6.10 Å². The molecule has 0 rings (SSSR count). The van der Waals surface area contributed by atoms with Crippen LogP contribution in [0.2, 0.25) is 0 Å². The number of carbonyl (C=O) groups excluding carboxylic acids is 3. The number of rotatable bonds is 7. The molecule has 0 aromatic carbocycles. The van der Waals surface area contributed by atoms with Crippen molar-refractivity contribution in [2.24, 2.45) is 0 Å². The van der Waals surface area contributed by atoms with Gasteiger partial charge < -0.3 is 14.2 Å². The van der Waals surface area contributed by atoms with Gasteiger partial charge in [-0.05, 0) is 13.8 Å². The van der Waals surface area contributed by atoms with E-state index in [0.717, 1.165) is 0 Å². The van der Waals surface area contributed by atoms with Crippen molar-refractivity contribution in [1.82, 2.24) is 0 Å². The first-order chi connectivity index (χ1) is 8.04. The Balaban J connectivity index is 4.44. The zero-order valence-corrected chi connectivity index (χ0v) is 10.5. The van der Waals surface area contributed by atoms with E-state index in [1.807, 2.05) is 0 Å². The third kappa shape index (κ3) is 6.78. The van der Waals surface area contributed by atoms with Gasteiger partial charge in [-0.2, -0.15) is 0 Å². The second-order valence-corrected chi connectivity index (χ2v) is 3.14. The van der Waals surface area contributed by atoms with Crippen molar-refractivity contribution in [3.8, 4) is 0 Å². The third-order valence-electron chi connectivity index (χ3n) is 1.59. The van der Waals surface area contributed by atoms with E-state index < -0.39 is 29.9 Å². The van der Waals surface area contributed by atoms with E-state index in [4.69, 9.17) is 11.6 Å². The van der Waals surface area contributed by atoms with Gasteiger partial charge in [0.25, 0.3) is 0 Å². The van der Waals surface area contributed by atoms with Crippen LogP contribution >= 0.6 is 11.6 Å². The summed E-state index contributed by atoms with van der Waals surface area (Å²) >= 11 is 5.23. The molecule has 0 heterocycles. The zero-order valence-electron chi connectivity index (χ0n) is 9.73. The minimum Gasteiger partial charge on any atom is -0.466 e. The molecule has 1 atom stereocenters. The molecule has 0 aliphatic carbocycles. The molecule has 0 aliphatic rings. The predicted octanol–water partition coefficient (Wildman–Crippen LogP) is 0.653. The number of alkyl halides is 1. The van der Waals surface area contributed by atoms with Gasteiger partial charge in [-0.15, -0.1) is 11.6 Å². The molecule has 1 unspecified atom stereocenters. The summed E-state index contributed by atoms with van der Waals surface area (Å²) in [6, 6.07) is 0. The van der Waals surface area contributed by atoms with E-state index in [9.17, 15) is 14.4 Å². The standard InChI is InChI=1S/C10H15ClO6/c1-3-15-8(12)5-7(10(14)16-4-2)17-9(13)6-11/h7H,3-6H2,1-2H3. The molecule has 0 spiro atoms. The Morgan fingerprint density at radius 3 is 2.12 bits per heavy atom. The first-order valence-corrected chi connectivity index (χ1v) is 5.66. The molecule has 98 valence electrons. The van der Waals surface area contributed by atoms with Gasteiger partial charge in [0.05, 0.1) is 19.6 Å². The van der Waals surface area contributed by atoms with Gasteiger partial charge in [-0.1, -0.05) is 0 Å². The van der Waals surface area contributed by atoms with Crippen LogP contribution in [0.4, 0.5) is 0 Å². The van der Waals surface area contributed by atoms with Crippen LogP contribution in [0.1, 0.15) is 20.3 Å². The van der Waals surface area contributed by atoms with Crippen molar-refractivity contribution in [2.45, 2.75) is 26.4 Å². The van der Waals surface area contributed by atoms with E-state index in [2.05, 4.69) is 14.2 Å². The monoisotopic (exact) mass is 266 g/mol. The average molecular weight is 267 g/mol. The van der Waals surface area contributed by atoms with Crippen molar-refractivity contribution in [3.63, 3.8) is 0 Å². The van der Waals surface area contributed by atoms with Gasteiger partial charge in [0.1, 0.15) is 5.88 Å². The van der Waals surface area contributed by atoms with Crippen molar-refractivity contribution in [3.05, 3.63) is 0 Å². The Morgan fingerprint density at radius 2 is 1.65 bits per heavy atom. The molecule has 7 heteroatoms. The van der Waals surface area contributed by atoms with Gasteiger partial charge in [-0.25, -0.2) is 4.79 Å². The molecule has 6 nitrogen and oxygen atoms in total. The van der Waals surface area contributed by atoms with Gasteiger partial charge >= 0.3 is 17.9 Å². The highest BCUT2D eigenvalue weighted by molar-refractivity contribution is 6.26. The number of ether oxygens (including phenoxy) is 3. The van der Waals surface area contributed by atoms with E-state index >= 15 is 0 Å². The Hall–Kier alpha value is -1.30.